The zero-order valence-corrected chi connectivity index (χ0v) is 13.0. The molecule has 0 atom stereocenters. The predicted molar refractivity (Wildman–Crippen MR) is 84.7 cm³/mol. The molecule has 1 aliphatic heterocycles. The van der Waals surface area contributed by atoms with Crippen molar-refractivity contribution < 1.29 is 9.59 Å². The zero-order valence-electron chi connectivity index (χ0n) is 13.0. The number of nitrogens with zero attached hydrogens (tertiary/aromatic N) is 6. The summed E-state index contributed by atoms with van der Waals surface area (Å²) in [7, 11) is 0. The van der Waals surface area contributed by atoms with Crippen molar-refractivity contribution in [3.8, 4) is 6.07 Å². The standard InChI is InChI=1S/C16H16N6O2/c17-9-13-1-3-14(4-2-13)22-8-7-20(10-16(22)24)15(23)5-6-21-12-18-11-19-21/h1-4,11-12H,5-8,10H2. The van der Waals surface area contributed by atoms with Gasteiger partial charge in [-0.15, -0.1) is 0 Å². The molecule has 1 saturated heterocycles. The molecule has 0 spiro atoms. The highest BCUT2D eigenvalue weighted by atomic mass is 16.2. The number of aromatic nitrogens is 3. The fraction of sp³-hybridized carbons (Fsp3) is 0.312. The van der Waals surface area contributed by atoms with Gasteiger partial charge in [-0.05, 0) is 24.3 Å². The minimum absolute atomic E-state index is 0.0657. The second-order valence-corrected chi connectivity index (χ2v) is 5.43. The van der Waals surface area contributed by atoms with Gasteiger partial charge >= 0.3 is 0 Å². The van der Waals surface area contributed by atoms with Crippen LogP contribution in [0.25, 0.3) is 0 Å². The summed E-state index contributed by atoms with van der Waals surface area (Å²) < 4.78 is 1.59. The van der Waals surface area contributed by atoms with Crippen LogP contribution >= 0.6 is 0 Å². The summed E-state index contributed by atoms with van der Waals surface area (Å²) in [6.45, 7) is 1.45. The third kappa shape index (κ3) is 3.41. The van der Waals surface area contributed by atoms with E-state index in [1.54, 1.807) is 45.1 Å². The Labute approximate surface area is 138 Å². The van der Waals surface area contributed by atoms with E-state index >= 15 is 0 Å². The second kappa shape index (κ2) is 6.91. The van der Waals surface area contributed by atoms with Gasteiger partial charge < -0.3 is 9.80 Å². The van der Waals surface area contributed by atoms with Gasteiger partial charge in [0.25, 0.3) is 0 Å². The molecule has 0 unspecified atom stereocenters. The van der Waals surface area contributed by atoms with Crippen LogP contribution in [0.5, 0.6) is 0 Å². The Morgan fingerprint density at radius 2 is 2.04 bits per heavy atom. The number of piperazine rings is 1. The molecule has 0 aliphatic carbocycles. The molecule has 8 nitrogen and oxygen atoms in total. The molecule has 122 valence electrons. The van der Waals surface area contributed by atoms with Crippen molar-refractivity contribution in [2.75, 3.05) is 24.5 Å². The molecule has 8 heteroatoms. The van der Waals surface area contributed by atoms with Crippen LogP contribution < -0.4 is 4.90 Å². The third-order valence-corrected chi connectivity index (χ3v) is 3.90. The topological polar surface area (TPSA) is 95.1 Å². The molecule has 2 amide bonds. The van der Waals surface area contributed by atoms with Crippen molar-refractivity contribution in [1.29, 1.82) is 5.26 Å². The van der Waals surface area contributed by atoms with Gasteiger partial charge in [0, 0.05) is 25.2 Å². The summed E-state index contributed by atoms with van der Waals surface area (Å²) in [6.07, 6.45) is 3.26. The molecule has 3 rings (SSSR count). The normalized spacial score (nSPS) is 14.5. The minimum atomic E-state index is -0.125. The lowest BCUT2D eigenvalue weighted by atomic mass is 10.2. The van der Waals surface area contributed by atoms with Gasteiger partial charge in [0.15, 0.2) is 0 Å². The maximum atomic E-state index is 12.3. The first-order chi connectivity index (χ1) is 11.7. The monoisotopic (exact) mass is 324 g/mol. The van der Waals surface area contributed by atoms with Gasteiger partial charge in [0.05, 0.1) is 18.2 Å². The van der Waals surface area contributed by atoms with E-state index in [1.807, 2.05) is 6.07 Å². The van der Waals surface area contributed by atoms with Crippen LogP contribution in [0.3, 0.4) is 0 Å². The summed E-state index contributed by atoms with van der Waals surface area (Å²) in [4.78, 5) is 31.6. The Balaban J connectivity index is 1.57. The van der Waals surface area contributed by atoms with Crippen LogP contribution in [0.2, 0.25) is 0 Å². The van der Waals surface area contributed by atoms with Gasteiger partial charge in [-0.25, -0.2) is 4.98 Å². The number of amides is 2. The number of hydrogen-bond acceptors (Lipinski definition) is 5. The Morgan fingerprint density at radius 1 is 1.25 bits per heavy atom. The largest absolute Gasteiger partial charge is 0.332 e. The van der Waals surface area contributed by atoms with E-state index in [2.05, 4.69) is 10.1 Å². The van der Waals surface area contributed by atoms with Crippen LogP contribution in [-0.4, -0.2) is 51.1 Å². The van der Waals surface area contributed by atoms with Crippen molar-refractivity contribution in [3.63, 3.8) is 0 Å². The lowest BCUT2D eigenvalue weighted by molar-refractivity contribution is -0.137. The van der Waals surface area contributed by atoms with E-state index in [1.165, 1.54) is 6.33 Å². The van der Waals surface area contributed by atoms with Crippen LogP contribution in [0.15, 0.2) is 36.9 Å². The molecule has 0 saturated carbocycles. The Bertz CT molecular complexity index is 763. The quantitative estimate of drug-likeness (QED) is 0.812. The Morgan fingerprint density at radius 3 is 2.67 bits per heavy atom. The number of carbonyl (C=O) groups excluding carboxylic acids is 2. The number of anilines is 1. The van der Waals surface area contributed by atoms with E-state index in [0.717, 1.165) is 5.69 Å². The van der Waals surface area contributed by atoms with E-state index in [0.29, 0.717) is 25.2 Å². The first kappa shape index (κ1) is 15.7. The molecular formula is C16H16N6O2. The number of nitriles is 1. The molecule has 24 heavy (non-hydrogen) atoms. The van der Waals surface area contributed by atoms with Crippen molar-refractivity contribution in [2.24, 2.45) is 0 Å². The summed E-state index contributed by atoms with van der Waals surface area (Å²) in [5, 5.41) is 12.8. The summed E-state index contributed by atoms with van der Waals surface area (Å²) >= 11 is 0. The van der Waals surface area contributed by atoms with Gasteiger partial charge in [-0.1, -0.05) is 0 Å². The molecule has 2 heterocycles. The summed E-state index contributed by atoms with van der Waals surface area (Å²) in [6, 6.07) is 8.90. The van der Waals surface area contributed by atoms with Crippen molar-refractivity contribution >= 4 is 17.5 Å². The third-order valence-electron chi connectivity index (χ3n) is 3.90. The van der Waals surface area contributed by atoms with Gasteiger partial charge in [-0.3, -0.25) is 14.3 Å². The number of rotatable bonds is 4. The van der Waals surface area contributed by atoms with Crippen molar-refractivity contribution in [2.45, 2.75) is 13.0 Å². The van der Waals surface area contributed by atoms with Crippen LogP contribution in [-0.2, 0) is 16.1 Å². The summed E-state index contributed by atoms with van der Waals surface area (Å²) in [5.41, 5.74) is 1.29. The molecule has 1 aromatic heterocycles. The van der Waals surface area contributed by atoms with E-state index in [9.17, 15) is 9.59 Å². The highest BCUT2D eigenvalue weighted by molar-refractivity contribution is 5.97. The molecule has 0 radical (unpaired) electrons. The molecule has 1 aliphatic rings. The van der Waals surface area contributed by atoms with E-state index < -0.39 is 0 Å². The van der Waals surface area contributed by atoms with Crippen LogP contribution in [0, 0.1) is 11.3 Å². The highest BCUT2D eigenvalue weighted by Crippen LogP contribution is 2.18. The maximum Gasteiger partial charge on any atom is 0.246 e. The highest BCUT2D eigenvalue weighted by Gasteiger charge is 2.27. The van der Waals surface area contributed by atoms with E-state index in [-0.39, 0.29) is 24.8 Å². The zero-order chi connectivity index (χ0) is 16.9. The Hall–Kier alpha value is -3.21. The maximum absolute atomic E-state index is 12.3. The Kier molecular flexibility index (Phi) is 4.52. The molecule has 1 aromatic carbocycles. The number of carbonyl (C=O) groups is 2. The first-order valence-electron chi connectivity index (χ1n) is 7.58. The lowest BCUT2D eigenvalue weighted by Crippen LogP contribution is -2.52. The van der Waals surface area contributed by atoms with Gasteiger partial charge in [-0.2, -0.15) is 10.4 Å². The van der Waals surface area contributed by atoms with E-state index in [4.69, 9.17) is 5.26 Å². The predicted octanol–water partition coefficient (Wildman–Crippen LogP) is 0.415. The number of hydrogen-bond donors (Lipinski definition) is 0. The molecular weight excluding hydrogens is 308 g/mol. The number of aryl methyl sites for hydroxylation is 1. The van der Waals surface area contributed by atoms with Gasteiger partial charge in [0.1, 0.15) is 19.2 Å². The fourth-order valence-corrected chi connectivity index (χ4v) is 2.59. The van der Waals surface area contributed by atoms with Crippen molar-refractivity contribution in [1.82, 2.24) is 19.7 Å². The second-order valence-electron chi connectivity index (χ2n) is 5.43. The van der Waals surface area contributed by atoms with Crippen LogP contribution in [0.1, 0.15) is 12.0 Å². The number of benzene rings is 1. The molecule has 2 aromatic rings. The smallest absolute Gasteiger partial charge is 0.246 e. The van der Waals surface area contributed by atoms with Gasteiger partial charge in [0.2, 0.25) is 11.8 Å². The average molecular weight is 324 g/mol. The first-order valence-corrected chi connectivity index (χ1v) is 7.58. The molecule has 0 bridgehead atoms. The molecule has 0 N–H and O–H groups in total. The van der Waals surface area contributed by atoms with Crippen molar-refractivity contribution in [3.05, 3.63) is 42.5 Å². The summed E-state index contributed by atoms with van der Waals surface area (Å²) in [5.74, 6) is -0.196. The minimum Gasteiger partial charge on any atom is -0.332 e. The fourth-order valence-electron chi connectivity index (χ4n) is 2.59. The molecule has 1 fully saturated rings. The average Bonchev–Trinajstić information content (AvgIpc) is 3.13. The SMILES string of the molecule is N#Cc1ccc(N2CCN(C(=O)CCn3cncn3)CC2=O)cc1. The lowest BCUT2D eigenvalue weighted by Gasteiger charge is -2.34. The van der Waals surface area contributed by atoms with Crippen LogP contribution in [0.4, 0.5) is 5.69 Å².